The van der Waals surface area contributed by atoms with Gasteiger partial charge in [-0.1, -0.05) is 18.2 Å². The molecule has 114 valence electrons. The van der Waals surface area contributed by atoms with Gasteiger partial charge in [-0.3, -0.25) is 9.69 Å². The molecule has 0 spiro atoms. The molecule has 5 heteroatoms. The van der Waals surface area contributed by atoms with Crippen LogP contribution in [0.4, 0.5) is 10.5 Å². The molecule has 0 saturated carbocycles. The van der Waals surface area contributed by atoms with E-state index in [9.17, 15) is 9.59 Å². The Hall–Kier alpha value is -2.04. The first kappa shape index (κ1) is 15.4. The number of fused-ring (bicyclic) bond motifs is 1. The predicted octanol–water partition coefficient (Wildman–Crippen LogP) is 2.49. The number of carbonyl (C=O) groups is 2. The maximum atomic E-state index is 12.5. The highest BCUT2D eigenvalue weighted by Crippen LogP contribution is 2.33. The summed E-state index contributed by atoms with van der Waals surface area (Å²) in [5.74, 6) is -0.102. The summed E-state index contributed by atoms with van der Waals surface area (Å²) >= 11 is 0. The fraction of sp³-hybridized carbons (Fsp3) is 0.500. The first-order valence-corrected chi connectivity index (χ1v) is 7.12. The molecule has 2 rings (SSSR count). The quantitative estimate of drug-likeness (QED) is 0.910. The SMILES string of the molecule is CC(=O)NCC1Cc2ccccc2N1C(=O)OC(C)(C)C. The maximum absolute atomic E-state index is 12.5. The van der Waals surface area contributed by atoms with Crippen LogP contribution < -0.4 is 10.2 Å². The van der Waals surface area contributed by atoms with E-state index in [-0.39, 0.29) is 18.0 Å². The number of rotatable bonds is 2. The summed E-state index contributed by atoms with van der Waals surface area (Å²) in [5, 5.41) is 2.78. The number of hydrogen-bond acceptors (Lipinski definition) is 3. The molecular weight excluding hydrogens is 268 g/mol. The molecule has 0 saturated heterocycles. The Bertz CT molecular complexity index is 549. The zero-order chi connectivity index (χ0) is 15.6. The van der Waals surface area contributed by atoms with Crippen LogP contribution in [0.2, 0.25) is 0 Å². The van der Waals surface area contributed by atoms with Crippen molar-refractivity contribution in [1.29, 1.82) is 0 Å². The molecule has 0 radical (unpaired) electrons. The third-order valence-electron chi connectivity index (χ3n) is 3.25. The number of ether oxygens (including phenoxy) is 1. The van der Waals surface area contributed by atoms with Crippen molar-refractivity contribution in [3.8, 4) is 0 Å². The van der Waals surface area contributed by atoms with Crippen molar-refractivity contribution in [2.45, 2.75) is 45.8 Å². The van der Waals surface area contributed by atoms with Crippen LogP contribution in [0.5, 0.6) is 0 Å². The van der Waals surface area contributed by atoms with Gasteiger partial charge in [-0.05, 0) is 38.8 Å². The number of nitrogens with one attached hydrogen (secondary N) is 1. The summed E-state index contributed by atoms with van der Waals surface area (Å²) in [5.41, 5.74) is 1.41. The lowest BCUT2D eigenvalue weighted by atomic mass is 10.1. The van der Waals surface area contributed by atoms with Crippen LogP contribution in [0.25, 0.3) is 0 Å². The zero-order valence-corrected chi connectivity index (χ0v) is 13.0. The van der Waals surface area contributed by atoms with Gasteiger partial charge in [0.2, 0.25) is 5.91 Å². The smallest absolute Gasteiger partial charge is 0.415 e. The monoisotopic (exact) mass is 290 g/mol. The number of hydrogen-bond donors (Lipinski definition) is 1. The summed E-state index contributed by atoms with van der Waals surface area (Å²) in [6.07, 6.45) is 0.346. The number of para-hydroxylation sites is 1. The zero-order valence-electron chi connectivity index (χ0n) is 13.0. The van der Waals surface area contributed by atoms with Gasteiger partial charge in [0.05, 0.1) is 11.7 Å². The lowest BCUT2D eigenvalue weighted by Gasteiger charge is -2.29. The van der Waals surface area contributed by atoms with Gasteiger partial charge in [0.1, 0.15) is 5.60 Å². The summed E-state index contributed by atoms with van der Waals surface area (Å²) in [6.45, 7) is 7.42. The Balaban J connectivity index is 2.22. The van der Waals surface area contributed by atoms with E-state index in [2.05, 4.69) is 5.32 Å². The highest BCUT2D eigenvalue weighted by Gasteiger charge is 2.36. The lowest BCUT2D eigenvalue weighted by Crippen LogP contribution is -2.46. The summed E-state index contributed by atoms with van der Waals surface area (Å²) in [7, 11) is 0. The van der Waals surface area contributed by atoms with Crippen LogP contribution in [-0.2, 0) is 16.0 Å². The number of anilines is 1. The second kappa shape index (κ2) is 5.76. The van der Waals surface area contributed by atoms with E-state index in [0.717, 1.165) is 17.7 Å². The molecule has 1 N–H and O–H groups in total. The third kappa shape index (κ3) is 3.74. The Morgan fingerprint density at radius 1 is 1.33 bits per heavy atom. The number of benzene rings is 1. The van der Waals surface area contributed by atoms with Crippen molar-refractivity contribution in [1.82, 2.24) is 5.32 Å². The van der Waals surface area contributed by atoms with Crippen molar-refractivity contribution < 1.29 is 14.3 Å². The van der Waals surface area contributed by atoms with Gasteiger partial charge in [-0.2, -0.15) is 0 Å². The topological polar surface area (TPSA) is 58.6 Å². The van der Waals surface area contributed by atoms with Crippen LogP contribution in [0, 0.1) is 0 Å². The number of nitrogens with zero attached hydrogens (tertiary/aromatic N) is 1. The van der Waals surface area contributed by atoms with Crippen LogP contribution in [0.15, 0.2) is 24.3 Å². The van der Waals surface area contributed by atoms with E-state index in [1.54, 1.807) is 4.90 Å². The number of carbonyl (C=O) groups excluding carboxylic acids is 2. The highest BCUT2D eigenvalue weighted by atomic mass is 16.6. The lowest BCUT2D eigenvalue weighted by molar-refractivity contribution is -0.119. The normalized spacial score (nSPS) is 17.3. The average molecular weight is 290 g/mol. The van der Waals surface area contributed by atoms with Crippen molar-refractivity contribution in [3.05, 3.63) is 29.8 Å². The van der Waals surface area contributed by atoms with E-state index in [0.29, 0.717) is 6.54 Å². The minimum absolute atomic E-state index is 0.102. The van der Waals surface area contributed by atoms with Crippen LogP contribution in [-0.4, -0.2) is 30.2 Å². The Morgan fingerprint density at radius 2 is 2.00 bits per heavy atom. The molecule has 1 heterocycles. The molecule has 0 bridgehead atoms. The van der Waals surface area contributed by atoms with Crippen LogP contribution in [0.1, 0.15) is 33.3 Å². The Labute approximate surface area is 125 Å². The third-order valence-corrected chi connectivity index (χ3v) is 3.25. The van der Waals surface area contributed by atoms with Gasteiger partial charge in [0.15, 0.2) is 0 Å². The summed E-state index contributed by atoms with van der Waals surface area (Å²) < 4.78 is 5.49. The van der Waals surface area contributed by atoms with Gasteiger partial charge in [0, 0.05) is 13.5 Å². The summed E-state index contributed by atoms with van der Waals surface area (Å²) in [4.78, 5) is 25.3. The van der Waals surface area contributed by atoms with Gasteiger partial charge in [-0.15, -0.1) is 0 Å². The second-order valence-corrected chi connectivity index (χ2v) is 6.27. The molecule has 21 heavy (non-hydrogen) atoms. The molecule has 1 aromatic carbocycles. The van der Waals surface area contributed by atoms with Crippen molar-refractivity contribution in [2.24, 2.45) is 0 Å². The van der Waals surface area contributed by atoms with Gasteiger partial charge >= 0.3 is 6.09 Å². The minimum Gasteiger partial charge on any atom is -0.443 e. The average Bonchev–Trinajstić information content (AvgIpc) is 2.72. The first-order chi connectivity index (χ1) is 9.78. The molecule has 5 nitrogen and oxygen atoms in total. The molecule has 0 fully saturated rings. The van der Waals surface area contributed by atoms with E-state index < -0.39 is 5.60 Å². The van der Waals surface area contributed by atoms with Crippen LogP contribution >= 0.6 is 0 Å². The molecule has 2 amide bonds. The summed E-state index contributed by atoms with van der Waals surface area (Å²) in [6, 6.07) is 7.65. The fourth-order valence-electron chi connectivity index (χ4n) is 2.44. The van der Waals surface area contributed by atoms with Crippen molar-refractivity contribution >= 4 is 17.7 Å². The molecule has 0 aromatic heterocycles. The largest absolute Gasteiger partial charge is 0.443 e. The van der Waals surface area contributed by atoms with Crippen LogP contribution in [0.3, 0.4) is 0 Å². The molecule has 1 unspecified atom stereocenters. The minimum atomic E-state index is -0.548. The van der Waals surface area contributed by atoms with E-state index >= 15 is 0 Å². The predicted molar refractivity (Wildman–Crippen MR) is 81.3 cm³/mol. The number of amides is 2. The molecule has 1 aromatic rings. The van der Waals surface area contributed by atoms with Gasteiger partial charge < -0.3 is 10.1 Å². The molecule has 1 atom stereocenters. The molecule has 0 aliphatic carbocycles. The van der Waals surface area contributed by atoms with Gasteiger partial charge in [0.25, 0.3) is 0 Å². The first-order valence-electron chi connectivity index (χ1n) is 7.12. The molecular formula is C16H22N2O3. The Morgan fingerprint density at radius 3 is 2.62 bits per heavy atom. The highest BCUT2D eigenvalue weighted by molar-refractivity contribution is 5.91. The van der Waals surface area contributed by atoms with E-state index in [4.69, 9.17) is 4.74 Å². The standard InChI is InChI=1S/C16H22N2O3/c1-11(19)17-10-13-9-12-7-5-6-8-14(12)18(13)15(20)21-16(2,3)4/h5-8,13H,9-10H2,1-4H3,(H,17,19). The maximum Gasteiger partial charge on any atom is 0.415 e. The molecule has 1 aliphatic rings. The molecule has 1 aliphatic heterocycles. The van der Waals surface area contributed by atoms with E-state index in [1.807, 2.05) is 45.0 Å². The second-order valence-electron chi connectivity index (χ2n) is 6.27. The van der Waals surface area contributed by atoms with E-state index in [1.165, 1.54) is 6.92 Å². The van der Waals surface area contributed by atoms with Crippen molar-refractivity contribution in [3.63, 3.8) is 0 Å². The Kier molecular flexibility index (Phi) is 4.21. The van der Waals surface area contributed by atoms with Gasteiger partial charge in [-0.25, -0.2) is 4.79 Å². The fourth-order valence-corrected chi connectivity index (χ4v) is 2.44. The van der Waals surface area contributed by atoms with Crippen molar-refractivity contribution in [2.75, 3.05) is 11.4 Å².